The van der Waals surface area contributed by atoms with E-state index in [0.29, 0.717) is 22.6 Å². The number of hydrogen-bond acceptors (Lipinski definition) is 5. The van der Waals surface area contributed by atoms with E-state index in [1.54, 1.807) is 36.4 Å². The lowest BCUT2D eigenvalue weighted by molar-refractivity contribution is -0.124. The van der Waals surface area contributed by atoms with E-state index in [-0.39, 0.29) is 5.75 Å². The van der Waals surface area contributed by atoms with Crippen LogP contribution < -0.4 is 10.9 Å². The van der Waals surface area contributed by atoms with Crippen LogP contribution in [0.3, 0.4) is 0 Å². The zero-order valence-electron chi connectivity index (χ0n) is 16.4. The fourth-order valence-corrected chi connectivity index (χ4v) is 2.86. The topological polar surface area (TPSA) is 111 Å². The Morgan fingerprint density at radius 2 is 1.79 bits per heavy atom. The number of carbonyl (C=O) groups excluding carboxylic acids is 2. The van der Waals surface area contributed by atoms with E-state index in [2.05, 4.69) is 24.4 Å². The van der Waals surface area contributed by atoms with Crippen LogP contribution in [0, 0.1) is 0 Å². The molecular formula is C22H25N3O4. The second-order valence-corrected chi connectivity index (χ2v) is 6.46. The van der Waals surface area contributed by atoms with Crippen LogP contribution in [-0.2, 0) is 4.79 Å². The molecule has 7 nitrogen and oxygen atoms in total. The van der Waals surface area contributed by atoms with Crippen LogP contribution in [0.1, 0.15) is 59.7 Å². The Hall–Kier alpha value is -3.45. The molecule has 0 unspecified atom stereocenters. The molecule has 7 heteroatoms. The molecule has 0 radical (unpaired) electrons. The second-order valence-electron chi connectivity index (χ2n) is 6.46. The van der Waals surface area contributed by atoms with Gasteiger partial charge in [0.25, 0.3) is 11.8 Å². The number of phenolic OH excluding ortho intramolecular Hbond substituents is 1. The summed E-state index contributed by atoms with van der Waals surface area (Å²) >= 11 is 0. The van der Waals surface area contributed by atoms with E-state index in [1.807, 2.05) is 6.07 Å². The Morgan fingerprint density at radius 3 is 2.38 bits per heavy atom. The number of rotatable bonds is 8. The number of phenols is 1. The molecule has 0 saturated heterocycles. The molecule has 0 aromatic heterocycles. The van der Waals surface area contributed by atoms with Gasteiger partial charge in [0.05, 0.1) is 6.21 Å². The van der Waals surface area contributed by atoms with Gasteiger partial charge in [-0.1, -0.05) is 32.0 Å². The van der Waals surface area contributed by atoms with Crippen LogP contribution in [0.25, 0.3) is 6.08 Å². The molecule has 0 bridgehead atoms. The molecule has 29 heavy (non-hydrogen) atoms. The van der Waals surface area contributed by atoms with Crippen molar-refractivity contribution in [2.75, 3.05) is 0 Å². The van der Waals surface area contributed by atoms with Crippen molar-refractivity contribution in [2.45, 2.75) is 32.6 Å². The van der Waals surface area contributed by atoms with Gasteiger partial charge in [-0.25, -0.2) is 10.9 Å². The summed E-state index contributed by atoms with van der Waals surface area (Å²) in [4.78, 5) is 23.1. The number of hydroxylamine groups is 1. The number of nitrogens with one attached hydrogen (secondary N) is 2. The number of carbonyl (C=O) groups is 2. The summed E-state index contributed by atoms with van der Waals surface area (Å²) < 4.78 is 0. The molecule has 4 N–H and O–H groups in total. The Bertz CT molecular complexity index is 901. The van der Waals surface area contributed by atoms with Crippen molar-refractivity contribution in [1.82, 2.24) is 10.9 Å². The van der Waals surface area contributed by atoms with Crippen molar-refractivity contribution in [3.05, 3.63) is 70.8 Å². The van der Waals surface area contributed by atoms with Crippen molar-refractivity contribution in [3.8, 4) is 5.75 Å². The number of benzene rings is 2. The van der Waals surface area contributed by atoms with Crippen LogP contribution in [-0.4, -0.2) is 28.3 Å². The standard InChI is InChI=1S/C22H25N3O4/c1-3-16(4-2)18-10-11-19(20(26)13-18)14-23-24-22(28)17-8-5-15(6-9-17)7-12-21(27)25-29/h5-14,16,26,29H,3-4H2,1-2H3,(H,24,28)(H,25,27)/b12-7+,23-14+. The van der Waals surface area contributed by atoms with Crippen molar-refractivity contribution >= 4 is 24.1 Å². The summed E-state index contributed by atoms with van der Waals surface area (Å²) in [5, 5.41) is 22.5. The van der Waals surface area contributed by atoms with Crippen LogP contribution in [0.2, 0.25) is 0 Å². The highest BCUT2D eigenvalue weighted by atomic mass is 16.5. The smallest absolute Gasteiger partial charge is 0.271 e. The fourth-order valence-electron chi connectivity index (χ4n) is 2.86. The second kappa shape index (κ2) is 10.8. The first-order valence-corrected chi connectivity index (χ1v) is 9.37. The average molecular weight is 395 g/mol. The number of aromatic hydroxyl groups is 1. The number of hydrazone groups is 1. The number of nitrogens with zero attached hydrogens (tertiary/aromatic N) is 1. The monoisotopic (exact) mass is 395 g/mol. The van der Waals surface area contributed by atoms with Crippen LogP contribution in [0.4, 0.5) is 0 Å². The van der Waals surface area contributed by atoms with E-state index < -0.39 is 11.8 Å². The predicted octanol–water partition coefficient (Wildman–Crippen LogP) is 3.58. The Labute approximate surface area is 169 Å². The summed E-state index contributed by atoms with van der Waals surface area (Å²) in [5.41, 5.74) is 6.59. The van der Waals surface area contributed by atoms with E-state index in [1.165, 1.54) is 23.8 Å². The molecule has 2 aromatic rings. The van der Waals surface area contributed by atoms with Crippen molar-refractivity contribution in [1.29, 1.82) is 0 Å². The number of hydrogen-bond donors (Lipinski definition) is 4. The molecule has 0 fully saturated rings. The molecule has 152 valence electrons. The molecule has 0 saturated carbocycles. The summed E-state index contributed by atoms with van der Waals surface area (Å²) in [7, 11) is 0. The molecule has 0 atom stereocenters. The van der Waals surface area contributed by atoms with Gasteiger partial charge in [-0.15, -0.1) is 0 Å². The van der Waals surface area contributed by atoms with Crippen LogP contribution in [0.5, 0.6) is 5.75 Å². The minimum atomic E-state index is -0.641. The van der Waals surface area contributed by atoms with E-state index in [9.17, 15) is 14.7 Å². The van der Waals surface area contributed by atoms with Gasteiger partial charge in [-0.3, -0.25) is 14.8 Å². The lowest BCUT2D eigenvalue weighted by atomic mass is 9.93. The van der Waals surface area contributed by atoms with Gasteiger partial charge in [0.15, 0.2) is 0 Å². The van der Waals surface area contributed by atoms with Gasteiger partial charge < -0.3 is 5.11 Å². The fraction of sp³-hybridized carbons (Fsp3) is 0.227. The van der Waals surface area contributed by atoms with Gasteiger partial charge >= 0.3 is 0 Å². The highest BCUT2D eigenvalue weighted by Crippen LogP contribution is 2.27. The maximum atomic E-state index is 12.2. The quantitative estimate of drug-likeness (QED) is 0.237. The zero-order valence-corrected chi connectivity index (χ0v) is 16.4. The van der Waals surface area contributed by atoms with Gasteiger partial charge in [0.2, 0.25) is 0 Å². The first kappa shape index (κ1) is 21.8. The first-order valence-electron chi connectivity index (χ1n) is 9.37. The van der Waals surface area contributed by atoms with Crippen LogP contribution in [0.15, 0.2) is 53.6 Å². The summed E-state index contributed by atoms with van der Waals surface area (Å²) in [5.74, 6) is -0.520. The average Bonchev–Trinajstić information content (AvgIpc) is 2.74. The Kier molecular flexibility index (Phi) is 8.12. The largest absolute Gasteiger partial charge is 0.507 e. The molecule has 0 spiro atoms. The third kappa shape index (κ3) is 6.29. The van der Waals surface area contributed by atoms with Gasteiger partial charge in [-0.2, -0.15) is 5.10 Å². The molecule has 0 aliphatic rings. The summed E-state index contributed by atoms with van der Waals surface area (Å²) in [6.45, 7) is 4.23. The molecule has 0 aliphatic heterocycles. The minimum absolute atomic E-state index is 0.121. The van der Waals surface area contributed by atoms with E-state index >= 15 is 0 Å². The van der Waals surface area contributed by atoms with Gasteiger partial charge in [0, 0.05) is 17.2 Å². The minimum Gasteiger partial charge on any atom is -0.507 e. The molecule has 2 amide bonds. The van der Waals surface area contributed by atoms with Crippen molar-refractivity contribution in [3.63, 3.8) is 0 Å². The highest BCUT2D eigenvalue weighted by Gasteiger charge is 2.09. The zero-order chi connectivity index (χ0) is 21.2. The van der Waals surface area contributed by atoms with E-state index in [0.717, 1.165) is 18.4 Å². The number of amides is 2. The molecule has 0 aliphatic carbocycles. The SMILES string of the molecule is CCC(CC)c1ccc(/C=N/NC(=O)c2ccc(/C=C/C(=O)NO)cc2)c(O)c1. The first-order chi connectivity index (χ1) is 14.0. The van der Waals surface area contributed by atoms with Crippen LogP contribution >= 0.6 is 0 Å². The third-order valence-corrected chi connectivity index (χ3v) is 4.59. The molecule has 0 heterocycles. The maximum absolute atomic E-state index is 12.2. The Balaban J connectivity index is 1.99. The van der Waals surface area contributed by atoms with Crippen molar-refractivity contribution in [2.24, 2.45) is 5.10 Å². The summed E-state index contributed by atoms with van der Waals surface area (Å²) in [6, 6.07) is 12.0. The van der Waals surface area contributed by atoms with Gasteiger partial charge in [0.1, 0.15) is 5.75 Å². The molecular weight excluding hydrogens is 370 g/mol. The third-order valence-electron chi connectivity index (χ3n) is 4.59. The predicted molar refractivity (Wildman–Crippen MR) is 112 cm³/mol. The Morgan fingerprint density at radius 1 is 1.10 bits per heavy atom. The molecule has 2 aromatic carbocycles. The highest BCUT2D eigenvalue weighted by molar-refractivity contribution is 5.95. The summed E-state index contributed by atoms with van der Waals surface area (Å²) in [6.07, 6.45) is 6.07. The molecule has 2 rings (SSSR count). The maximum Gasteiger partial charge on any atom is 0.271 e. The van der Waals surface area contributed by atoms with Crippen molar-refractivity contribution < 1.29 is 19.9 Å². The lowest BCUT2D eigenvalue weighted by Gasteiger charge is -2.13. The normalized spacial score (nSPS) is 11.3. The van der Waals surface area contributed by atoms with Gasteiger partial charge in [-0.05, 0) is 60.2 Å². The lowest BCUT2D eigenvalue weighted by Crippen LogP contribution is -2.17. The van der Waals surface area contributed by atoms with E-state index in [4.69, 9.17) is 5.21 Å².